The van der Waals surface area contributed by atoms with Gasteiger partial charge in [0.2, 0.25) is 0 Å². The molecule has 0 radical (unpaired) electrons. The summed E-state index contributed by atoms with van der Waals surface area (Å²) in [5.41, 5.74) is 5.00. The molecule has 1 aliphatic heterocycles. The molecule has 196 valence electrons. The first-order valence-corrected chi connectivity index (χ1v) is 12.1. The number of hydrogen-bond acceptors (Lipinski definition) is 8. The summed E-state index contributed by atoms with van der Waals surface area (Å²) in [7, 11) is 0. The number of nitrogen functional groups attached to an aromatic ring is 1. The molecule has 1 aliphatic rings. The van der Waals surface area contributed by atoms with Gasteiger partial charge in [0.05, 0.1) is 17.8 Å². The van der Waals surface area contributed by atoms with E-state index >= 15 is 0 Å². The molecular formula is C23H23F4N7O2S. The van der Waals surface area contributed by atoms with Gasteiger partial charge in [-0.15, -0.1) is 11.3 Å². The monoisotopic (exact) mass is 537 g/mol. The molecule has 0 bridgehead atoms. The van der Waals surface area contributed by atoms with Gasteiger partial charge >= 0.3 is 6.18 Å². The molecule has 1 fully saturated rings. The zero-order chi connectivity index (χ0) is 26.7. The third-order valence-electron chi connectivity index (χ3n) is 5.77. The number of alkyl halides is 3. The summed E-state index contributed by atoms with van der Waals surface area (Å²) >= 11 is 0.952. The second-order valence-corrected chi connectivity index (χ2v) is 9.54. The van der Waals surface area contributed by atoms with Gasteiger partial charge in [-0.05, 0) is 51.1 Å². The van der Waals surface area contributed by atoms with Crippen molar-refractivity contribution in [3.05, 3.63) is 63.2 Å². The Balaban J connectivity index is 1.44. The Morgan fingerprint density at radius 2 is 1.89 bits per heavy atom. The van der Waals surface area contributed by atoms with Gasteiger partial charge < -0.3 is 16.4 Å². The average molecular weight is 538 g/mol. The van der Waals surface area contributed by atoms with Crippen LogP contribution in [0.25, 0.3) is 0 Å². The fourth-order valence-electron chi connectivity index (χ4n) is 3.87. The number of likely N-dealkylation sites (tertiary alicyclic amines) is 1. The van der Waals surface area contributed by atoms with Gasteiger partial charge in [-0.2, -0.15) is 13.2 Å². The molecule has 37 heavy (non-hydrogen) atoms. The molecule has 1 aromatic carbocycles. The maximum absolute atomic E-state index is 13.5. The molecule has 3 heterocycles. The molecule has 1 atom stereocenters. The molecule has 0 aliphatic carbocycles. The summed E-state index contributed by atoms with van der Waals surface area (Å²) in [6.45, 7) is 3.90. The second kappa shape index (κ2) is 10.8. The zero-order valence-corrected chi connectivity index (χ0v) is 20.4. The molecule has 4 rings (SSSR count). The van der Waals surface area contributed by atoms with Crippen LogP contribution in [0.3, 0.4) is 0 Å². The predicted octanol–water partition coefficient (Wildman–Crippen LogP) is 4.01. The molecule has 9 nitrogen and oxygen atoms in total. The summed E-state index contributed by atoms with van der Waals surface area (Å²) in [6.07, 6.45) is -0.312. The highest BCUT2D eigenvalue weighted by atomic mass is 32.1. The van der Waals surface area contributed by atoms with Crippen molar-refractivity contribution in [1.82, 2.24) is 25.2 Å². The van der Waals surface area contributed by atoms with Gasteiger partial charge in [-0.3, -0.25) is 14.5 Å². The van der Waals surface area contributed by atoms with Gasteiger partial charge in [-0.25, -0.2) is 19.3 Å². The fourth-order valence-corrected chi connectivity index (χ4v) is 4.69. The first-order chi connectivity index (χ1) is 17.5. The number of nitrogens with two attached hydrogens (primary N) is 1. The summed E-state index contributed by atoms with van der Waals surface area (Å²) < 4.78 is 52.3. The van der Waals surface area contributed by atoms with Crippen LogP contribution in [0, 0.1) is 5.82 Å². The molecule has 3 aromatic rings. The van der Waals surface area contributed by atoms with E-state index < -0.39 is 35.4 Å². The van der Waals surface area contributed by atoms with E-state index in [-0.39, 0.29) is 22.1 Å². The van der Waals surface area contributed by atoms with Crippen molar-refractivity contribution >= 4 is 34.7 Å². The maximum Gasteiger partial charge on any atom is 0.419 e. The summed E-state index contributed by atoms with van der Waals surface area (Å²) in [6, 6.07) is 1.56. The Bertz CT molecular complexity index is 1310. The number of thiazole rings is 1. The lowest BCUT2D eigenvalue weighted by Crippen LogP contribution is -2.30. The Kier molecular flexibility index (Phi) is 7.68. The van der Waals surface area contributed by atoms with Crippen LogP contribution in [0.5, 0.6) is 0 Å². The normalized spacial score (nSPS) is 14.9. The van der Waals surface area contributed by atoms with E-state index in [0.717, 1.165) is 43.3 Å². The molecule has 2 aromatic heterocycles. The van der Waals surface area contributed by atoms with Crippen molar-refractivity contribution in [2.45, 2.75) is 38.5 Å². The van der Waals surface area contributed by atoms with Crippen LogP contribution < -0.4 is 16.4 Å². The zero-order valence-electron chi connectivity index (χ0n) is 19.6. The fraction of sp³-hybridized carbons (Fsp3) is 0.348. The minimum atomic E-state index is -4.90. The number of amides is 2. The molecule has 4 N–H and O–H groups in total. The van der Waals surface area contributed by atoms with Gasteiger partial charge in [0.1, 0.15) is 33.5 Å². The smallest absolute Gasteiger partial charge is 0.383 e. The van der Waals surface area contributed by atoms with Gasteiger partial charge in [-0.1, -0.05) is 0 Å². The van der Waals surface area contributed by atoms with Crippen molar-refractivity contribution in [2.75, 3.05) is 24.1 Å². The largest absolute Gasteiger partial charge is 0.419 e. The SMILES string of the molecule is CC(NC(=O)c1ncnc(N)c1CN1CCCC1)c1ncc(C(=O)Nc2ccc(F)c(C(F)(F)F)c2)s1. The lowest BCUT2D eigenvalue weighted by molar-refractivity contribution is -0.139. The Hall–Kier alpha value is -3.65. The first kappa shape index (κ1) is 26.4. The topological polar surface area (TPSA) is 126 Å². The number of benzene rings is 1. The second-order valence-electron chi connectivity index (χ2n) is 8.47. The van der Waals surface area contributed by atoms with E-state index in [1.165, 1.54) is 12.5 Å². The molecular weight excluding hydrogens is 514 g/mol. The highest BCUT2D eigenvalue weighted by molar-refractivity contribution is 7.13. The number of carbonyl (C=O) groups is 2. The number of carbonyl (C=O) groups excluding carboxylic acids is 2. The van der Waals surface area contributed by atoms with Crippen LogP contribution in [-0.2, 0) is 12.7 Å². The number of anilines is 2. The molecule has 1 unspecified atom stereocenters. The van der Waals surface area contributed by atoms with E-state index in [9.17, 15) is 27.2 Å². The standard InChI is InChI=1S/C23H23F4N7O2S/c1-12(32-21(36)18-14(19(28)31-11-30-18)10-34-6-2-3-7-34)22-29-9-17(37-22)20(35)33-13-4-5-16(24)15(8-13)23(25,26)27/h4-5,8-9,11-12H,2-3,6-7,10H2,1H3,(H,32,36)(H,33,35)(H2,28,30,31). The van der Waals surface area contributed by atoms with Gasteiger partial charge in [0.25, 0.3) is 11.8 Å². The number of aromatic nitrogens is 3. The number of nitrogens with one attached hydrogen (secondary N) is 2. The van der Waals surface area contributed by atoms with Gasteiger partial charge in [0, 0.05) is 17.8 Å². The van der Waals surface area contributed by atoms with E-state index in [1.54, 1.807) is 6.92 Å². The Morgan fingerprint density at radius 1 is 1.16 bits per heavy atom. The molecule has 1 saturated heterocycles. The Labute approximate surface area is 213 Å². The first-order valence-electron chi connectivity index (χ1n) is 11.3. The number of halogens is 4. The molecule has 0 spiro atoms. The lowest BCUT2D eigenvalue weighted by Gasteiger charge is -2.18. The van der Waals surface area contributed by atoms with Crippen LogP contribution in [0.15, 0.2) is 30.7 Å². The van der Waals surface area contributed by atoms with Crippen LogP contribution in [-0.4, -0.2) is 44.8 Å². The summed E-state index contributed by atoms with van der Waals surface area (Å²) in [4.78, 5) is 40.1. The predicted molar refractivity (Wildman–Crippen MR) is 128 cm³/mol. The van der Waals surface area contributed by atoms with Crippen LogP contribution in [0.1, 0.15) is 62.1 Å². The highest BCUT2D eigenvalue weighted by Crippen LogP contribution is 2.33. The summed E-state index contributed by atoms with van der Waals surface area (Å²) in [5.74, 6) is -2.42. The molecule has 2 amide bonds. The third kappa shape index (κ3) is 6.20. The number of rotatable bonds is 7. The van der Waals surface area contributed by atoms with Crippen molar-refractivity contribution in [3.63, 3.8) is 0 Å². The van der Waals surface area contributed by atoms with Crippen molar-refractivity contribution in [3.8, 4) is 0 Å². The molecule has 0 saturated carbocycles. The number of nitrogens with zero attached hydrogens (tertiary/aromatic N) is 4. The van der Waals surface area contributed by atoms with E-state index in [1.807, 2.05) is 0 Å². The van der Waals surface area contributed by atoms with Crippen LogP contribution in [0.2, 0.25) is 0 Å². The third-order valence-corrected chi connectivity index (χ3v) is 6.95. The quantitative estimate of drug-likeness (QED) is 0.389. The van der Waals surface area contributed by atoms with E-state index in [4.69, 9.17) is 5.73 Å². The van der Waals surface area contributed by atoms with Crippen molar-refractivity contribution < 1.29 is 27.2 Å². The highest BCUT2D eigenvalue weighted by Gasteiger charge is 2.34. The van der Waals surface area contributed by atoms with Crippen LogP contribution >= 0.6 is 11.3 Å². The lowest BCUT2D eigenvalue weighted by atomic mass is 10.1. The van der Waals surface area contributed by atoms with Gasteiger partial charge in [0.15, 0.2) is 0 Å². The maximum atomic E-state index is 13.5. The van der Waals surface area contributed by atoms with E-state index in [0.29, 0.717) is 29.2 Å². The van der Waals surface area contributed by atoms with Crippen molar-refractivity contribution in [1.29, 1.82) is 0 Å². The summed E-state index contributed by atoms with van der Waals surface area (Å²) in [5, 5.41) is 5.48. The van der Waals surface area contributed by atoms with E-state index in [2.05, 4.69) is 30.5 Å². The minimum absolute atomic E-state index is 0.0926. The number of hydrogen-bond donors (Lipinski definition) is 3. The van der Waals surface area contributed by atoms with Crippen molar-refractivity contribution in [2.24, 2.45) is 0 Å². The average Bonchev–Trinajstić information content (AvgIpc) is 3.53. The van der Waals surface area contributed by atoms with Crippen LogP contribution in [0.4, 0.5) is 29.1 Å². The molecule has 14 heteroatoms. The minimum Gasteiger partial charge on any atom is -0.383 e. The Morgan fingerprint density at radius 3 is 2.59 bits per heavy atom.